The monoisotopic (exact) mass is 449 g/mol. The number of rotatable bonds is 5. The fraction of sp³-hybridized carbons (Fsp3) is 0.417. The van der Waals surface area contributed by atoms with E-state index < -0.39 is 0 Å². The molecule has 0 spiro atoms. The average Bonchev–Trinajstić information content (AvgIpc) is 3.56. The zero-order chi connectivity index (χ0) is 21.9. The summed E-state index contributed by atoms with van der Waals surface area (Å²) in [5, 5.41) is 4.16. The summed E-state index contributed by atoms with van der Waals surface area (Å²) in [7, 11) is 0. The third-order valence-corrected chi connectivity index (χ3v) is 7.18. The summed E-state index contributed by atoms with van der Waals surface area (Å²) >= 11 is 1.61. The van der Waals surface area contributed by atoms with Gasteiger partial charge in [0.05, 0.1) is 5.56 Å². The molecule has 32 heavy (non-hydrogen) atoms. The van der Waals surface area contributed by atoms with E-state index >= 15 is 0 Å². The molecule has 0 atom stereocenters. The van der Waals surface area contributed by atoms with E-state index in [0.717, 1.165) is 53.7 Å². The lowest BCUT2D eigenvalue weighted by atomic mass is 10.1. The fourth-order valence-electron chi connectivity index (χ4n) is 4.53. The van der Waals surface area contributed by atoms with Crippen molar-refractivity contribution in [1.82, 2.24) is 20.0 Å². The first-order chi connectivity index (χ1) is 15.7. The minimum absolute atomic E-state index is 0.105. The highest BCUT2D eigenvalue weighted by Crippen LogP contribution is 2.34. The molecule has 0 unspecified atom stereocenters. The molecule has 0 bridgehead atoms. The molecule has 2 aliphatic rings. The van der Waals surface area contributed by atoms with Crippen LogP contribution in [0.4, 0.5) is 5.82 Å². The van der Waals surface area contributed by atoms with E-state index in [2.05, 4.69) is 20.0 Å². The summed E-state index contributed by atoms with van der Waals surface area (Å²) in [6.45, 7) is 2.88. The summed E-state index contributed by atoms with van der Waals surface area (Å²) in [5.74, 6) is 2.78. The number of thioether (sulfide) groups is 1. The van der Waals surface area contributed by atoms with Crippen molar-refractivity contribution in [3.05, 3.63) is 54.0 Å². The van der Waals surface area contributed by atoms with Gasteiger partial charge in [0.25, 0.3) is 5.91 Å². The molecule has 1 amide bonds. The molecule has 8 heteroatoms. The predicted octanol–water partition coefficient (Wildman–Crippen LogP) is 4.47. The largest absolute Gasteiger partial charge is 0.353 e. The highest BCUT2D eigenvalue weighted by molar-refractivity contribution is 7.98. The van der Waals surface area contributed by atoms with Crippen LogP contribution >= 0.6 is 11.8 Å². The first kappa shape index (κ1) is 21.0. The standard InChI is InChI=1S/C24H27N5O2S/c1-32-20-9-5-4-8-19(20)24(30)29-14-12-28(13-15-29)21-11-10-18(16-25-21)22-26-23(31-27-22)17-6-2-3-7-17/h4-5,8-11,16-17H,2-3,6-7,12-15H2,1H3. The topological polar surface area (TPSA) is 75.4 Å². The average molecular weight is 450 g/mol. The second kappa shape index (κ2) is 9.32. The number of hydrogen-bond donors (Lipinski definition) is 0. The summed E-state index contributed by atoms with van der Waals surface area (Å²) in [4.78, 5) is 27.4. The van der Waals surface area contributed by atoms with E-state index in [0.29, 0.717) is 24.8 Å². The van der Waals surface area contributed by atoms with Gasteiger partial charge >= 0.3 is 0 Å². The molecule has 3 aromatic rings. The Morgan fingerprint density at radius 2 is 1.84 bits per heavy atom. The second-order valence-electron chi connectivity index (χ2n) is 8.32. The van der Waals surface area contributed by atoms with Crippen molar-refractivity contribution >= 4 is 23.5 Å². The Kier molecular flexibility index (Phi) is 6.12. The number of hydrogen-bond acceptors (Lipinski definition) is 7. The predicted molar refractivity (Wildman–Crippen MR) is 125 cm³/mol. The van der Waals surface area contributed by atoms with E-state index in [-0.39, 0.29) is 5.91 Å². The minimum atomic E-state index is 0.105. The maximum Gasteiger partial charge on any atom is 0.255 e. The summed E-state index contributed by atoms with van der Waals surface area (Å²) in [5.41, 5.74) is 1.65. The number of benzene rings is 1. The Hall–Kier alpha value is -2.87. The van der Waals surface area contributed by atoms with Crippen LogP contribution in [-0.4, -0.2) is 58.4 Å². The van der Waals surface area contributed by atoms with Crippen molar-refractivity contribution in [2.45, 2.75) is 36.5 Å². The zero-order valence-corrected chi connectivity index (χ0v) is 19.1. The highest BCUT2D eigenvalue weighted by Gasteiger charge is 2.25. The number of aromatic nitrogens is 3. The number of pyridine rings is 1. The van der Waals surface area contributed by atoms with Crippen molar-refractivity contribution in [3.63, 3.8) is 0 Å². The van der Waals surface area contributed by atoms with Gasteiger partial charge in [0, 0.05) is 48.8 Å². The number of amides is 1. The Bertz CT molecular complexity index is 1070. The van der Waals surface area contributed by atoms with Crippen molar-refractivity contribution in [1.29, 1.82) is 0 Å². The first-order valence-corrected chi connectivity index (χ1v) is 12.4. The smallest absolute Gasteiger partial charge is 0.255 e. The van der Waals surface area contributed by atoms with Gasteiger partial charge < -0.3 is 14.3 Å². The van der Waals surface area contributed by atoms with Crippen molar-refractivity contribution in [2.75, 3.05) is 37.3 Å². The van der Waals surface area contributed by atoms with Gasteiger partial charge in [-0.15, -0.1) is 11.8 Å². The van der Waals surface area contributed by atoms with Gasteiger partial charge in [0.1, 0.15) is 5.82 Å². The Morgan fingerprint density at radius 1 is 1.06 bits per heavy atom. The van der Waals surface area contributed by atoms with Crippen molar-refractivity contribution in [2.24, 2.45) is 0 Å². The fourth-order valence-corrected chi connectivity index (χ4v) is 5.12. The van der Waals surface area contributed by atoms with Crippen LogP contribution in [0.3, 0.4) is 0 Å². The van der Waals surface area contributed by atoms with E-state index in [1.165, 1.54) is 12.8 Å². The number of piperazine rings is 1. The van der Waals surface area contributed by atoms with E-state index in [9.17, 15) is 4.79 Å². The third kappa shape index (κ3) is 4.24. The van der Waals surface area contributed by atoms with Crippen molar-refractivity contribution < 1.29 is 9.32 Å². The van der Waals surface area contributed by atoms with Crippen LogP contribution in [0.5, 0.6) is 0 Å². The lowest BCUT2D eigenvalue weighted by Gasteiger charge is -2.35. The van der Waals surface area contributed by atoms with Crippen LogP contribution in [0.15, 0.2) is 52.0 Å². The molecular weight excluding hydrogens is 422 g/mol. The van der Waals surface area contributed by atoms with E-state index in [1.54, 1.807) is 11.8 Å². The number of carbonyl (C=O) groups excluding carboxylic acids is 1. The molecule has 1 aliphatic heterocycles. The molecule has 1 saturated carbocycles. The molecule has 1 saturated heterocycles. The lowest BCUT2D eigenvalue weighted by Crippen LogP contribution is -2.49. The van der Waals surface area contributed by atoms with Crippen LogP contribution in [0.1, 0.15) is 47.8 Å². The van der Waals surface area contributed by atoms with Crippen LogP contribution < -0.4 is 4.90 Å². The number of nitrogens with zero attached hydrogens (tertiary/aromatic N) is 5. The lowest BCUT2D eigenvalue weighted by molar-refractivity contribution is 0.0743. The number of anilines is 1. The molecule has 0 radical (unpaired) electrons. The van der Waals surface area contributed by atoms with Gasteiger partial charge in [0.2, 0.25) is 11.7 Å². The first-order valence-electron chi connectivity index (χ1n) is 11.2. The van der Waals surface area contributed by atoms with Gasteiger partial charge in [-0.3, -0.25) is 4.79 Å². The number of carbonyl (C=O) groups is 1. The molecular formula is C24H27N5O2S. The minimum Gasteiger partial charge on any atom is -0.353 e. The SMILES string of the molecule is CSc1ccccc1C(=O)N1CCN(c2ccc(-c3noc(C4CCCC4)n3)cn2)CC1. The van der Waals surface area contributed by atoms with Gasteiger partial charge in [-0.25, -0.2) is 4.98 Å². The molecule has 5 rings (SSSR count). The highest BCUT2D eigenvalue weighted by atomic mass is 32.2. The maximum absolute atomic E-state index is 13.0. The van der Waals surface area contributed by atoms with Gasteiger partial charge in [-0.05, 0) is 43.4 Å². The molecule has 1 aromatic carbocycles. The van der Waals surface area contributed by atoms with E-state index in [1.807, 2.05) is 53.8 Å². The molecule has 2 aromatic heterocycles. The second-order valence-corrected chi connectivity index (χ2v) is 9.17. The molecule has 0 N–H and O–H groups in total. The summed E-state index contributed by atoms with van der Waals surface area (Å²) < 4.78 is 5.50. The van der Waals surface area contributed by atoms with Crippen LogP contribution in [-0.2, 0) is 0 Å². The Labute approximate surface area is 192 Å². The normalized spacial score (nSPS) is 17.2. The molecule has 7 nitrogen and oxygen atoms in total. The maximum atomic E-state index is 13.0. The Morgan fingerprint density at radius 3 is 2.56 bits per heavy atom. The Balaban J connectivity index is 1.21. The third-order valence-electron chi connectivity index (χ3n) is 6.38. The van der Waals surface area contributed by atoms with E-state index in [4.69, 9.17) is 4.52 Å². The van der Waals surface area contributed by atoms with Crippen LogP contribution in [0, 0.1) is 0 Å². The van der Waals surface area contributed by atoms with Gasteiger partial charge in [-0.2, -0.15) is 4.98 Å². The summed E-state index contributed by atoms with van der Waals surface area (Å²) in [6.07, 6.45) is 8.56. The molecule has 2 fully saturated rings. The van der Waals surface area contributed by atoms with Crippen molar-refractivity contribution in [3.8, 4) is 11.4 Å². The van der Waals surface area contributed by atoms with Crippen LogP contribution in [0.2, 0.25) is 0 Å². The van der Waals surface area contributed by atoms with Crippen LogP contribution in [0.25, 0.3) is 11.4 Å². The molecule has 3 heterocycles. The van der Waals surface area contributed by atoms with Gasteiger partial charge in [0.15, 0.2) is 0 Å². The summed E-state index contributed by atoms with van der Waals surface area (Å²) in [6, 6.07) is 11.8. The molecule has 166 valence electrons. The van der Waals surface area contributed by atoms with Gasteiger partial charge in [-0.1, -0.05) is 30.1 Å². The quantitative estimate of drug-likeness (QED) is 0.532. The molecule has 1 aliphatic carbocycles. The zero-order valence-electron chi connectivity index (χ0n) is 18.2.